The van der Waals surface area contributed by atoms with Crippen LogP contribution >= 0.6 is 11.6 Å². The van der Waals surface area contributed by atoms with Gasteiger partial charge in [-0.15, -0.1) is 0 Å². The van der Waals surface area contributed by atoms with Crippen LogP contribution in [0.2, 0.25) is 5.02 Å². The Morgan fingerprint density at radius 1 is 1.45 bits per heavy atom. The van der Waals surface area contributed by atoms with E-state index in [0.29, 0.717) is 17.0 Å². The van der Waals surface area contributed by atoms with Crippen LogP contribution in [0.3, 0.4) is 0 Å². The Labute approximate surface area is 132 Å². The average molecular weight is 322 g/mol. The lowest BCUT2D eigenvalue weighted by Gasteiger charge is -2.11. The Morgan fingerprint density at radius 3 is 2.91 bits per heavy atom. The summed E-state index contributed by atoms with van der Waals surface area (Å²) in [5.41, 5.74) is 1.16. The maximum atomic E-state index is 12.1. The largest absolute Gasteiger partial charge is 0.481 e. The number of amides is 1. The third kappa shape index (κ3) is 4.33. The van der Waals surface area contributed by atoms with E-state index in [1.165, 1.54) is 6.20 Å². The molecule has 2 rings (SSSR count). The van der Waals surface area contributed by atoms with Crippen molar-refractivity contribution in [1.82, 2.24) is 15.1 Å². The SMILES string of the molecule is CC(CCC(=O)O)NC(=O)c1cnn(-c2cccc(Cl)c2)c1. The number of rotatable bonds is 6. The summed E-state index contributed by atoms with van der Waals surface area (Å²) < 4.78 is 1.56. The fourth-order valence-electron chi connectivity index (χ4n) is 1.92. The number of nitrogens with one attached hydrogen (secondary N) is 1. The second-order valence-electron chi connectivity index (χ2n) is 4.96. The summed E-state index contributed by atoms with van der Waals surface area (Å²) in [6, 6.07) is 6.90. The third-order valence-corrected chi connectivity index (χ3v) is 3.32. The molecule has 6 nitrogen and oxygen atoms in total. The fourth-order valence-corrected chi connectivity index (χ4v) is 2.10. The molecule has 1 aromatic heterocycles. The molecule has 1 amide bonds. The van der Waals surface area contributed by atoms with E-state index in [4.69, 9.17) is 16.7 Å². The third-order valence-electron chi connectivity index (χ3n) is 3.09. The number of aliphatic carboxylic acids is 1. The minimum atomic E-state index is -0.880. The van der Waals surface area contributed by atoms with Gasteiger partial charge in [-0.1, -0.05) is 17.7 Å². The van der Waals surface area contributed by atoms with E-state index in [9.17, 15) is 9.59 Å². The summed E-state index contributed by atoms with van der Waals surface area (Å²) in [5, 5.41) is 16.1. The summed E-state index contributed by atoms with van der Waals surface area (Å²) >= 11 is 5.92. The van der Waals surface area contributed by atoms with Crippen LogP contribution in [0.4, 0.5) is 0 Å². The van der Waals surface area contributed by atoms with E-state index in [-0.39, 0.29) is 18.4 Å². The van der Waals surface area contributed by atoms with Gasteiger partial charge in [-0.3, -0.25) is 9.59 Å². The lowest BCUT2D eigenvalue weighted by Crippen LogP contribution is -2.32. The molecule has 0 spiro atoms. The van der Waals surface area contributed by atoms with Gasteiger partial charge in [0.1, 0.15) is 0 Å². The van der Waals surface area contributed by atoms with E-state index < -0.39 is 5.97 Å². The highest BCUT2D eigenvalue weighted by Gasteiger charge is 2.13. The van der Waals surface area contributed by atoms with Crippen molar-refractivity contribution in [1.29, 1.82) is 0 Å². The van der Waals surface area contributed by atoms with Crippen molar-refractivity contribution >= 4 is 23.5 Å². The number of halogens is 1. The fraction of sp³-hybridized carbons (Fsp3) is 0.267. The number of hydrogen-bond donors (Lipinski definition) is 2. The van der Waals surface area contributed by atoms with Gasteiger partial charge >= 0.3 is 5.97 Å². The van der Waals surface area contributed by atoms with Crippen molar-refractivity contribution in [2.45, 2.75) is 25.8 Å². The summed E-state index contributed by atoms with van der Waals surface area (Å²) in [4.78, 5) is 22.6. The van der Waals surface area contributed by atoms with Crippen LogP contribution in [0.25, 0.3) is 5.69 Å². The monoisotopic (exact) mass is 321 g/mol. The van der Waals surface area contributed by atoms with Crippen LogP contribution in [0.5, 0.6) is 0 Å². The summed E-state index contributed by atoms with van der Waals surface area (Å²) in [7, 11) is 0. The number of nitrogens with zero attached hydrogens (tertiary/aromatic N) is 2. The lowest BCUT2D eigenvalue weighted by molar-refractivity contribution is -0.137. The second kappa shape index (κ2) is 7.09. The molecule has 1 heterocycles. The van der Waals surface area contributed by atoms with Crippen molar-refractivity contribution in [3.05, 3.63) is 47.2 Å². The zero-order valence-corrected chi connectivity index (χ0v) is 12.7. The van der Waals surface area contributed by atoms with Crippen molar-refractivity contribution in [2.24, 2.45) is 0 Å². The molecule has 22 heavy (non-hydrogen) atoms. The van der Waals surface area contributed by atoms with Gasteiger partial charge in [0.2, 0.25) is 0 Å². The maximum absolute atomic E-state index is 12.1. The summed E-state index contributed by atoms with van der Waals surface area (Å²) in [5.74, 6) is -1.17. The Morgan fingerprint density at radius 2 is 2.23 bits per heavy atom. The molecular weight excluding hydrogens is 306 g/mol. The quantitative estimate of drug-likeness (QED) is 0.856. The molecule has 1 unspecified atom stereocenters. The second-order valence-corrected chi connectivity index (χ2v) is 5.40. The van der Waals surface area contributed by atoms with Gasteiger partial charge in [0.05, 0.1) is 17.4 Å². The molecule has 7 heteroatoms. The van der Waals surface area contributed by atoms with E-state index >= 15 is 0 Å². The molecule has 0 aliphatic rings. The molecule has 2 N–H and O–H groups in total. The minimum Gasteiger partial charge on any atom is -0.481 e. The Balaban J connectivity index is 2.01. The number of carboxylic acid groups (broad SMARTS) is 1. The van der Waals surface area contributed by atoms with Crippen LogP contribution in [0, 0.1) is 0 Å². The van der Waals surface area contributed by atoms with Crippen LogP contribution < -0.4 is 5.32 Å². The molecule has 0 saturated carbocycles. The van der Waals surface area contributed by atoms with Gasteiger partial charge in [0, 0.05) is 23.7 Å². The first-order chi connectivity index (χ1) is 10.5. The first-order valence-electron chi connectivity index (χ1n) is 6.79. The van der Waals surface area contributed by atoms with E-state index in [0.717, 1.165) is 5.69 Å². The first-order valence-corrected chi connectivity index (χ1v) is 7.17. The van der Waals surface area contributed by atoms with Gasteiger partial charge in [-0.2, -0.15) is 5.10 Å². The summed E-state index contributed by atoms with van der Waals surface area (Å²) in [6.45, 7) is 1.77. The number of carbonyl (C=O) groups excluding carboxylic acids is 1. The molecule has 0 fully saturated rings. The molecule has 0 aliphatic carbocycles. The van der Waals surface area contributed by atoms with Crippen molar-refractivity contribution in [3.63, 3.8) is 0 Å². The molecule has 0 saturated heterocycles. The van der Waals surface area contributed by atoms with Crippen LogP contribution in [0.1, 0.15) is 30.1 Å². The molecule has 1 atom stereocenters. The number of carbonyl (C=O) groups is 2. The molecule has 0 bridgehead atoms. The highest BCUT2D eigenvalue weighted by atomic mass is 35.5. The Kier molecular flexibility index (Phi) is 5.16. The first kappa shape index (κ1) is 16.0. The summed E-state index contributed by atoms with van der Waals surface area (Å²) in [6.07, 6.45) is 3.46. The molecule has 2 aromatic rings. The van der Waals surface area contributed by atoms with Crippen molar-refractivity contribution in [2.75, 3.05) is 0 Å². The molecular formula is C15H16ClN3O3. The van der Waals surface area contributed by atoms with E-state index in [1.54, 1.807) is 36.0 Å². The number of benzene rings is 1. The van der Waals surface area contributed by atoms with Gasteiger partial charge in [-0.25, -0.2) is 4.68 Å². The highest BCUT2D eigenvalue weighted by Crippen LogP contribution is 2.14. The van der Waals surface area contributed by atoms with Crippen LogP contribution in [0.15, 0.2) is 36.7 Å². The van der Waals surface area contributed by atoms with Gasteiger partial charge < -0.3 is 10.4 Å². The van der Waals surface area contributed by atoms with E-state index in [1.807, 2.05) is 6.07 Å². The topological polar surface area (TPSA) is 84.2 Å². The van der Waals surface area contributed by atoms with E-state index in [2.05, 4.69) is 10.4 Å². The lowest BCUT2D eigenvalue weighted by atomic mass is 10.2. The number of hydrogen-bond acceptors (Lipinski definition) is 3. The normalized spacial score (nSPS) is 11.9. The Hall–Kier alpha value is -2.34. The zero-order chi connectivity index (χ0) is 16.1. The van der Waals surface area contributed by atoms with Gasteiger partial charge in [-0.05, 0) is 31.5 Å². The molecule has 1 aromatic carbocycles. The number of aromatic nitrogens is 2. The Bertz CT molecular complexity index is 684. The molecule has 116 valence electrons. The highest BCUT2D eigenvalue weighted by molar-refractivity contribution is 6.30. The van der Waals surface area contributed by atoms with Crippen molar-refractivity contribution in [3.8, 4) is 5.69 Å². The van der Waals surface area contributed by atoms with Gasteiger partial charge in [0.15, 0.2) is 0 Å². The maximum Gasteiger partial charge on any atom is 0.303 e. The molecule has 0 radical (unpaired) electrons. The van der Waals surface area contributed by atoms with Gasteiger partial charge in [0.25, 0.3) is 5.91 Å². The van der Waals surface area contributed by atoms with Crippen LogP contribution in [-0.2, 0) is 4.79 Å². The van der Waals surface area contributed by atoms with Crippen LogP contribution in [-0.4, -0.2) is 32.8 Å². The predicted octanol–water partition coefficient (Wildman–Crippen LogP) is 2.51. The molecule has 0 aliphatic heterocycles. The number of carboxylic acids is 1. The zero-order valence-electron chi connectivity index (χ0n) is 12.0. The van der Waals surface area contributed by atoms with Crippen molar-refractivity contribution < 1.29 is 14.7 Å². The smallest absolute Gasteiger partial charge is 0.303 e. The predicted molar refractivity (Wildman–Crippen MR) is 82.4 cm³/mol. The average Bonchev–Trinajstić information content (AvgIpc) is 2.95. The standard InChI is InChI=1S/C15H16ClN3O3/c1-10(5-6-14(20)21)18-15(22)11-8-17-19(9-11)13-4-2-3-12(16)7-13/h2-4,7-10H,5-6H2,1H3,(H,18,22)(H,20,21). The minimum absolute atomic E-state index is 0.0171.